The Morgan fingerprint density at radius 3 is 2.64 bits per heavy atom. The van der Waals surface area contributed by atoms with E-state index in [1.807, 2.05) is 11.1 Å². The smallest absolute Gasteiger partial charge is 0.265 e. The van der Waals surface area contributed by atoms with E-state index in [4.69, 9.17) is 4.74 Å². The number of carbonyl (C=O) groups is 1. The molecule has 1 N–H and O–H groups in total. The van der Waals surface area contributed by atoms with Crippen molar-refractivity contribution in [1.82, 2.24) is 20.3 Å². The molecule has 2 fully saturated rings. The largest absolute Gasteiger partial charge is 0.378 e. The van der Waals surface area contributed by atoms with Gasteiger partial charge in [-0.1, -0.05) is 0 Å². The average Bonchev–Trinajstić information content (AvgIpc) is 2.58. The summed E-state index contributed by atoms with van der Waals surface area (Å²) < 4.78 is 5.35. The van der Waals surface area contributed by atoms with Crippen LogP contribution >= 0.6 is 0 Å². The van der Waals surface area contributed by atoms with Crippen LogP contribution in [0.15, 0.2) is 18.3 Å². The average molecular weight is 305 g/mol. The second kappa shape index (κ2) is 7.04. The molecule has 3 heterocycles. The van der Waals surface area contributed by atoms with Crippen LogP contribution in [0.2, 0.25) is 0 Å². The Morgan fingerprint density at radius 2 is 1.91 bits per heavy atom. The molecule has 120 valence electrons. The molecule has 1 aromatic heterocycles. The molecule has 2 saturated heterocycles. The van der Waals surface area contributed by atoms with Gasteiger partial charge in [-0.25, -0.2) is 9.99 Å². The van der Waals surface area contributed by atoms with E-state index in [9.17, 15) is 4.79 Å². The van der Waals surface area contributed by atoms with E-state index in [1.54, 1.807) is 12.3 Å². The zero-order chi connectivity index (χ0) is 15.4. The number of carbonyl (C=O) groups excluding carboxylic acids is 1. The van der Waals surface area contributed by atoms with E-state index >= 15 is 0 Å². The number of pyridine rings is 1. The molecule has 2 aliphatic rings. The molecule has 0 radical (unpaired) electrons. The number of rotatable bonds is 3. The summed E-state index contributed by atoms with van der Waals surface area (Å²) in [4.78, 5) is 21.2. The van der Waals surface area contributed by atoms with Crippen LogP contribution in [-0.4, -0.2) is 80.3 Å². The van der Waals surface area contributed by atoms with Crippen LogP contribution in [0.1, 0.15) is 10.4 Å². The van der Waals surface area contributed by atoms with Crippen LogP contribution in [0.5, 0.6) is 0 Å². The first-order valence-electron chi connectivity index (χ1n) is 7.75. The lowest BCUT2D eigenvalue weighted by Crippen LogP contribution is -2.52. The van der Waals surface area contributed by atoms with Crippen molar-refractivity contribution in [2.75, 3.05) is 64.4 Å². The number of piperazine rings is 1. The summed E-state index contributed by atoms with van der Waals surface area (Å²) in [6.07, 6.45) is 1.70. The van der Waals surface area contributed by atoms with Crippen molar-refractivity contribution in [3.05, 3.63) is 23.9 Å². The number of likely N-dealkylation sites (N-methyl/N-ethyl adjacent to an activating group) is 1. The Kier molecular flexibility index (Phi) is 4.87. The van der Waals surface area contributed by atoms with Gasteiger partial charge in [0, 0.05) is 51.0 Å². The maximum absolute atomic E-state index is 12.4. The molecular weight excluding hydrogens is 282 g/mol. The standard InChI is InChI=1S/C15H23N5O2/c1-18-4-6-20(7-5-18)17-15(21)13-2-3-16-14(12-13)19-8-10-22-11-9-19/h2-3,12H,4-11H2,1H3,(H,17,21). The number of aromatic nitrogens is 1. The lowest BCUT2D eigenvalue weighted by atomic mass is 10.2. The van der Waals surface area contributed by atoms with Crippen molar-refractivity contribution in [1.29, 1.82) is 0 Å². The van der Waals surface area contributed by atoms with Gasteiger partial charge in [0.25, 0.3) is 5.91 Å². The molecule has 7 heteroatoms. The second-order valence-electron chi connectivity index (χ2n) is 5.73. The van der Waals surface area contributed by atoms with Crippen LogP contribution in [0.4, 0.5) is 5.82 Å². The lowest BCUT2D eigenvalue weighted by Gasteiger charge is -2.32. The van der Waals surface area contributed by atoms with E-state index in [2.05, 4.69) is 27.3 Å². The zero-order valence-electron chi connectivity index (χ0n) is 13.0. The molecule has 0 spiro atoms. The van der Waals surface area contributed by atoms with Gasteiger partial charge in [0.15, 0.2) is 0 Å². The minimum absolute atomic E-state index is 0.0681. The summed E-state index contributed by atoms with van der Waals surface area (Å²) >= 11 is 0. The minimum atomic E-state index is -0.0681. The highest BCUT2D eigenvalue weighted by atomic mass is 16.5. The number of amides is 1. The predicted molar refractivity (Wildman–Crippen MR) is 83.8 cm³/mol. The van der Waals surface area contributed by atoms with Crippen molar-refractivity contribution in [2.45, 2.75) is 0 Å². The molecule has 0 aliphatic carbocycles. The van der Waals surface area contributed by atoms with Crippen molar-refractivity contribution >= 4 is 11.7 Å². The number of hydrogen-bond acceptors (Lipinski definition) is 6. The van der Waals surface area contributed by atoms with Crippen LogP contribution in [0.3, 0.4) is 0 Å². The summed E-state index contributed by atoms with van der Waals surface area (Å²) in [6.45, 7) is 6.68. The maximum Gasteiger partial charge on any atom is 0.265 e. The highest BCUT2D eigenvalue weighted by molar-refractivity contribution is 5.94. The van der Waals surface area contributed by atoms with Gasteiger partial charge in [-0.05, 0) is 19.2 Å². The summed E-state index contributed by atoms with van der Waals surface area (Å²) in [6, 6.07) is 3.62. The normalized spacial score (nSPS) is 20.9. The van der Waals surface area contributed by atoms with Crippen LogP contribution in [0.25, 0.3) is 0 Å². The SMILES string of the molecule is CN1CCN(NC(=O)c2ccnc(N3CCOCC3)c2)CC1. The highest BCUT2D eigenvalue weighted by Crippen LogP contribution is 2.14. The molecule has 0 bridgehead atoms. The summed E-state index contributed by atoms with van der Waals surface area (Å²) in [7, 11) is 2.09. The first kappa shape index (κ1) is 15.2. The maximum atomic E-state index is 12.4. The Balaban J connectivity index is 1.62. The molecule has 2 aliphatic heterocycles. The number of anilines is 1. The van der Waals surface area contributed by atoms with Crippen molar-refractivity contribution in [2.24, 2.45) is 0 Å². The van der Waals surface area contributed by atoms with Gasteiger partial charge in [0.1, 0.15) is 5.82 Å². The molecule has 0 unspecified atom stereocenters. The van der Waals surface area contributed by atoms with E-state index < -0.39 is 0 Å². The Bertz CT molecular complexity index is 510. The third kappa shape index (κ3) is 3.73. The fourth-order valence-electron chi connectivity index (χ4n) is 2.65. The molecule has 7 nitrogen and oxygen atoms in total. The van der Waals surface area contributed by atoms with Gasteiger partial charge < -0.3 is 14.5 Å². The molecule has 1 aromatic rings. The molecule has 22 heavy (non-hydrogen) atoms. The topological polar surface area (TPSA) is 60.9 Å². The lowest BCUT2D eigenvalue weighted by molar-refractivity contribution is 0.0662. The quantitative estimate of drug-likeness (QED) is 0.835. The minimum Gasteiger partial charge on any atom is -0.378 e. The molecule has 0 saturated carbocycles. The van der Waals surface area contributed by atoms with Crippen LogP contribution in [-0.2, 0) is 4.74 Å². The molecule has 3 rings (SSSR count). The predicted octanol–water partition coefficient (Wildman–Crippen LogP) is -0.190. The Labute approximate surface area is 130 Å². The molecular formula is C15H23N5O2. The van der Waals surface area contributed by atoms with Crippen molar-refractivity contribution in [3.8, 4) is 0 Å². The third-order valence-corrected chi connectivity index (χ3v) is 4.11. The molecule has 1 amide bonds. The van der Waals surface area contributed by atoms with Crippen LogP contribution in [0, 0.1) is 0 Å². The third-order valence-electron chi connectivity index (χ3n) is 4.11. The fraction of sp³-hybridized carbons (Fsp3) is 0.600. The van der Waals surface area contributed by atoms with E-state index in [0.717, 1.165) is 45.1 Å². The zero-order valence-corrected chi connectivity index (χ0v) is 13.0. The molecule has 0 aromatic carbocycles. The first-order valence-corrected chi connectivity index (χ1v) is 7.75. The number of nitrogens with zero attached hydrogens (tertiary/aromatic N) is 4. The number of hydrogen-bond donors (Lipinski definition) is 1. The summed E-state index contributed by atoms with van der Waals surface area (Å²) in [5, 5.41) is 1.98. The van der Waals surface area contributed by atoms with Crippen molar-refractivity contribution in [3.63, 3.8) is 0 Å². The second-order valence-corrected chi connectivity index (χ2v) is 5.73. The summed E-state index contributed by atoms with van der Waals surface area (Å²) in [5.41, 5.74) is 3.63. The van der Waals surface area contributed by atoms with Crippen molar-refractivity contribution < 1.29 is 9.53 Å². The van der Waals surface area contributed by atoms with Crippen LogP contribution < -0.4 is 10.3 Å². The fourth-order valence-corrected chi connectivity index (χ4v) is 2.65. The van der Waals surface area contributed by atoms with E-state index in [-0.39, 0.29) is 5.91 Å². The van der Waals surface area contributed by atoms with Gasteiger partial charge in [-0.2, -0.15) is 0 Å². The number of nitrogens with one attached hydrogen (secondary N) is 1. The van der Waals surface area contributed by atoms with Gasteiger partial charge in [-0.15, -0.1) is 0 Å². The molecule has 0 atom stereocenters. The van der Waals surface area contributed by atoms with E-state index in [1.165, 1.54) is 0 Å². The Hall–Kier alpha value is -1.70. The van der Waals surface area contributed by atoms with Gasteiger partial charge in [0.05, 0.1) is 13.2 Å². The van der Waals surface area contributed by atoms with E-state index in [0.29, 0.717) is 18.8 Å². The monoisotopic (exact) mass is 305 g/mol. The van der Waals surface area contributed by atoms with Gasteiger partial charge >= 0.3 is 0 Å². The number of hydrazine groups is 1. The Morgan fingerprint density at radius 1 is 1.18 bits per heavy atom. The number of ether oxygens (including phenoxy) is 1. The summed E-state index contributed by atoms with van der Waals surface area (Å²) in [5.74, 6) is 0.774. The first-order chi connectivity index (χ1) is 10.7. The van der Waals surface area contributed by atoms with Gasteiger partial charge in [0.2, 0.25) is 0 Å². The highest BCUT2D eigenvalue weighted by Gasteiger charge is 2.18. The number of morpholine rings is 1. The van der Waals surface area contributed by atoms with Gasteiger partial charge in [-0.3, -0.25) is 10.2 Å².